The third kappa shape index (κ3) is 3.61. The molecule has 4 nitrogen and oxygen atoms in total. The monoisotopic (exact) mass is 283 g/mol. The van der Waals surface area contributed by atoms with E-state index >= 15 is 0 Å². The number of benzene rings is 2. The van der Waals surface area contributed by atoms with E-state index in [0.29, 0.717) is 12.1 Å². The molecular weight excluding hydrogens is 262 g/mol. The molecule has 2 rings (SSSR count). The molecule has 0 radical (unpaired) electrons. The summed E-state index contributed by atoms with van der Waals surface area (Å²) >= 11 is 0. The first kappa shape index (κ1) is 15.1. The van der Waals surface area contributed by atoms with E-state index in [0.717, 1.165) is 16.9 Å². The van der Waals surface area contributed by atoms with Gasteiger partial charge in [-0.3, -0.25) is 4.79 Å². The number of nitrogens with zero attached hydrogens (tertiary/aromatic N) is 1. The van der Waals surface area contributed by atoms with Gasteiger partial charge in [-0.1, -0.05) is 18.2 Å². The molecule has 0 heterocycles. The fraction of sp³-hybridized carbons (Fsp3) is 0.235. The maximum atomic E-state index is 12.3. The zero-order valence-electron chi connectivity index (χ0n) is 12.7. The highest BCUT2D eigenvalue weighted by molar-refractivity contribution is 6.04. The van der Waals surface area contributed by atoms with Gasteiger partial charge in [0, 0.05) is 37.6 Å². The van der Waals surface area contributed by atoms with E-state index < -0.39 is 0 Å². The molecule has 0 aliphatic heterocycles. The van der Waals surface area contributed by atoms with Crippen molar-refractivity contribution in [3.8, 4) is 0 Å². The van der Waals surface area contributed by atoms with Crippen LogP contribution in [0.4, 0.5) is 11.4 Å². The maximum Gasteiger partial charge on any atom is 0.255 e. The summed E-state index contributed by atoms with van der Waals surface area (Å²) in [5.41, 5.74) is 10.2. The van der Waals surface area contributed by atoms with Crippen LogP contribution in [0.1, 0.15) is 21.5 Å². The van der Waals surface area contributed by atoms with Crippen molar-refractivity contribution >= 4 is 17.3 Å². The summed E-state index contributed by atoms with van der Waals surface area (Å²) in [6.45, 7) is 2.47. The lowest BCUT2D eigenvalue weighted by atomic mass is 10.1. The van der Waals surface area contributed by atoms with Crippen LogP contribution in [0, 0.1) is 6.92 Å². The zero-order chi connectivity index (χ0) is 15.4. The molecule has 2 aromatic carbocycles. The molecular formula is C17H21N3O. The molecule has 0 aliphatic carbocycles. The lowest BCUT2D eigenvalue weighted by Crippen LogP contribution is -2.14. The van der Waals surface area contributed by atoms with Crippen molar-refractivity contribution in [3.05, 3.63) is 59.2 Å². The highest BCUT2D eigenvalue weighted by Crippen LogP contribution is 2.23. The average molecular weight is 283 g/mol. The number of amides is 1. The molecule has 0 atom stereocenters. The van der Waals surface area contributed by atoms with E-state index in [9.17, 15) is 4.79 Å². The highest BCUT2D eigenvalue weighted by atomic mass is 16.1. The van der Waals surface area contributed by atoms with Crippen molar-refractivity contribution in [2.24, 2.45) is 5.73 Å². The maximum absolute atomic E-state index is 12.3. The van der Waals surface area contributed by atoms with Gasteiger partial charge >= 0.3 is 0 Å². The molecule has 0 saturated carbocycles. The molecule has 2 aromatic rings. The topological polar surface area (TPSA) is 58.4 Å². The fourth-order valence-corrected chi connectivity index (χ4v) is 2.21. The average Bonchev–Trinajstić information content (AvgIpc) is 2.49. The van der Waals surface area contributed by atoms with Crippen LogP contribution in [0.25, 0.3) is 0 Å². The number of nitrogens with two attached hydrogens (primary N) is 1. The van der Waals surface area contributed by atoms with Crippen LogP contribution < -0.4 is 16.0 Å². The summed E-state index contributed by atoms with van der Waals surface area (Å²) in [6.07, 6.45) is 0. The molecule has 0 bridgehead atoms. The van der Waals surface area contributed by atoms with Crippen LogP contribution in [-0.2, 0) is 6.54 Å². The Hall–Kier alpha value is -2.33. The quantitative estimate of drug-likeness (QED) is 0.907. The number of nitrogens with one attached hydrogen (secondary N) is 1. The SMILES string of the molecule is Cc1ccc(NC(=O)c2cccc(CN)c2)cc1N(C)C. The molecule has 0 aromatic heterocycles. The Labute approximate surface area is 125 Å². The molecule has 21 heavy (non-hydrogen) atoms. The van der Waals surface area contributed by atoms with Crippen LogP contribution in [0.15, 0.2) is 42.5 Å². The Balaban J connectivity index is 2.21. The molecule has 3 N–H and O–H groups in total. The number of carbonyl (C=O) groups excluding carboxylic acids is 1. The van der Waals surface area contributed by atoms with Gasteiger partial charge in [0.2, 0.25) is 0 Å². The first-order chi connectivity index (χ1) is 10.0. The number of hydrogen-bond acceptors (Lipinski definition) is 3. The van der Waals surface area contributed by atoms with Crippen molar-refractivity contribution in [2.75, 3.05) is 24.3 Å². The van der Waals surface area contributed by atoms with Crippen LogP contribution in [0.3, 0.4) is 0 Å². The summed E-state index contributed by atoms with van der Waals surface area (Å²) in [5, 5.41) is 2.93. The first-order valence-electron chi connectivity index (χ1n) is 6.89. The van der Waals surface area contributed by atoms with Gasteiger partial charge in [-0.15, -0.1) is 0 Å². The fourth-order valence-electron chi connectivity index (χ4n) is 2.21. The molecule has 0 spiro atoms. The predicted octanol–water partition coefficient (Wildman–Crippen LogP) is 2.77. The van der Waals surface area contributed by atoms with E-state index in [1.165, 1.54) is 5.56 Å². The van der Waals surface area contributed by atoms with Crippen molar-refractivity contribution in [1.82, 2.24) is 0 Å². The number of rotatable bonds is 4. The number of aryl methyl sites for hydroxylation is 1. The first-order valence-corrected chi connectivity index (χ1v) is 6.89. The lowest BCUT2D eigenvalue weighted by molar-refractivity contribution is 0.102. The Morgan fingerprint density at radius 3 is 2.62 bits per heavy atom. The second-order valence-electron chi connectivity index (χ2n) is 5.25. The normalized spacial score (nSPS) is 10.3. The van der Waals surface area contributed by atoms with E-state index in [1.807, 2.05) is 62.3 Å². The molecule has 0 saturated heterocycles. The Bertz CT molecular complexity index is 650. The Morgan fingerprint density at radius 2 is 1.95 bits per heavy atom. The van der Waals surface area contributed by atoms with Gasteiger partial charge in [0.1, 0.15) is 0 Å². The minimum atomic E-state index is -0.126. The van der Waals surface area contributed by atoms with Crippen molar-refractivity contribution in [1.29, 1.82) is 0 Å². The van der Waals surface area contributed by atoms with E-state index in [1.54, 1.807) is 6.07 Å². The minimum absolute atomic E-state index is 0.126. The Morgan fingerprint density at radius 1 is 1.19 bits per heavy atom. The molecule has 0 fully saturated rings. The number of hydrogen-bond donors (Lipinski definition) is 2. The minimum Gasteiger partial charge on any atom is -0.377 e. The van der Waals surface area contributed by atoms with Crippen LogP contribution in [0.5, 0.6) is 0 Å². The van der Waals surface area contributed by atoms with Gasteiger partial charge < -0.3 is 16.0 Å². The third-order valence-corrected chi connectivity index (χ3v) is 3.37. The summed E-state index contributed by atoms with van der Waals surface area (Å²) in [4.78, 5) is 14.3. The van der Waals surface area contributed by atoms with Crippen molar-refractivity contribution in [2.45, 2.75) is 13.5 Å². The molecule has 110 valence electrons. The smallest absolute Gasteiger partial charge is 0.255 e. The lowest BCUT2D eigenvalue weighted by Gasteiger charge is -2.17. The van der Waals surface area contributed by atoms with Gasteiger partial charge in [-0.2, -0.15) is 0 Å². The highest BCUT2D eigenvalue weighted by Gasteiger charge is 2.08. The van der Waals surface area contributed by atoms with Gasteiger partial charge in [0.05, 0.1) is 0 Å². The summed E-state index contributed by atoms with van der Waals surface area (Å²) in [6, 6.07) is 13.2. The van der Waals surface area contributed by atoms with Gasteiger partial charge in [0.25, 0.3) is 5.91 Å². The zero-order valence-corrected chi connectivity index (χ0v) is 12.7. The standard InChI is InChI=1S/C17H21N3O/c1-12-7-8-15(10-16(12)20(2)3)19-17(21)14-6-4-5-13(9-14)11-18/h4-10H,11,18H2,1-3H3,(H,19,21). The second kappa shape index (κ2) is 6.41. The van der Waals surface area contributed by atoms with Gasteiger partial charge in [0.15, 0.2) is 0 Å². The number of anilines is 2. The third-order valence-electron chi connectivity index (χ3n) is 3.37. The van der Waals surface area contributed by atoms with Crippen LogP contribution >= 0.6 is 0 Å². The van der Waals surface area contributed by atoms with Gasteiger partial charge in [-0.25, -0.2) is 0 Å². The Kier molecular flexibility index (Phi) is 4.60. The van der Waals surface area contributed by atoms with Crippen molar-refractivity contribution < 1.29 is 4.79 Å². The predicted molar refractivity (Wildman–Crippen MR) is 87.8 cm³/mol. The van der Waals surface area contributed by atoms with Crippen LogP contribution in [0.2, 0.25) is 0 Å². The van der Waals surface area contributed by atoms with Gasteiger partial charge in [-0.05, 0) is 42.3 Å². The molecule has 0 unspecified atom stereocenters. The second-order valence-corrected chi connectivity index (χ2v) is 5.25. The summed E-state index contributed by atoms with van der Waals surface area (Å²) in [7, 11) is 3.97. The van der Waals surface area contributed by atoms with Crippen LogP contribution in [-0.4, -0.2) is 20.0 Å². The largest absolute Gasteiger partial charge is 0.377 e. The summed E-state index contributed by atoms with van der Waals surface area (Å²) < 4.78 is 0. The molecule has 4 heteroatoms. The number of carbonyl (C=O) groups is 1. The van der Waals surface area contributed by atoms with Crippen molar-refractivity contribution in [3.63, 3.8) is 0 Å². The molecule has 1 amide bonds. The molecule has 0 aliphatic rings. The summed E-state index contributed by atoms with van der Waals surface area (Å²) in [5.74, 6) is -0.126. The van der Waals surface area contributed by atoms with E-state index in [2.05, 4.69) is 5.32 Å². The van der Waals surface area contributed by atoms with E-state index in [4.69, 9.17) is 5.73 Å². The van der Waals surface area contributed by atoms with E-state index in [-0.39, 0.29) is 5.91 Å².